The van der Waals surface area contributed by atoms with Crippen molar-refractivity contribution in [3.05, 3.63) is 24.3 Å². The second-order valence-electron chi connectivity index (χ2n) is 4.25. The lowest BCUT2D eigenvalue weighted by Crippen LogP contribution is -2.33. The first-order valence-corrected chi connectivity index (χ1v) is 7.47. The zero-order valence-corrected chi connectivity index (χ0v) is 13.1. The van der Waals surface area contributed by atoms with Crippen molar-refractivity contribution >= 4 is 11.6 Å². The molecular formula is C15H24ClNO3. The molecular weight excluding hydrogens is 278 g/mol. The van der Waals surface area contributed by atoms with Crippen LogP contribution in [-0.4, -0.2) is 57.3 Å². The van der Waals surface area contributed by atoms with Gasteiger partial charge in [-0.15, -0.1) is 11.6 Å². The van der Waals surface area contributed by atoms with Crippen molar-refractivity contribution in [3.8, 4) is 11.5 Å². The maximum Gasteiger partial charge on any atom is 0.161 e. The monoisotopic (exact) mass is 301 g/mol. The van der Waals surface area contributed by atoms with Gasteiger partial charge in [0, 0.05) is 32.6 Å². The maximum atomic E-state index is 5.80. The molecule has 5 heteroatoms. The summed E-state index contributed by atoms with van der Waals surface area (Å²) in [6.45, 7) is 6.41. The smallest absolute Gasteiger partial charge is 0.161 e. The summed E-state index contributed by atoms with van der Waals surface area (Å²) in [6.07, 6.45) is 0. The minimum Gasteiger partial charge on any atom is -0.490 e. The average Bonchev–Trinajstić information content (AvgIpc) is 2.47. The minimum atomic E-state index is 0.602. The van der Waals surface area contributed by atoms with Crippen molar-refractivity contribution in [1.82, 2.24) is 4.90 Å². The molecule has 0 bridgehead atoms. The molecule has 114 valence electrons. The third-order valence-corrected chi connectivity index (χ3v) is 3.00. The molecule has 0 radical (unpaired) electrons. The van der Waals surface area contributed by atoms with Gasteiger partial charge in [-0.1, -0.05) is 12.1 Å². The Labute approximate surface area is 126 Å². The highest BCUT2D eigenvalue weighted by Gasteiger charge is 2.06. The van der Waals surface area contributed by atoms with E-state index in [1.807, 2.05) is 31.2 Å². The third-order valence-electron chi connectivity index (χ3n) is 2.83. The summed E-state index contributed by atoms with van der Waals surface area (Å²) in [4.78, 5) is 2.22. The highest BCUT2D eigenvalue weighted by molar-refractivity contribution is 6.18. The number of nitrogens with zero attached hydrogens (tertiary/aromatic N) is 1. The molecule has 0 heterocycles. The second-order valence-corrected chi connectivity index (χ2v) is 4.63. The van der Waals surface area contributed by atoms with E-state index in [0.717, 1.165) is 31.1 Å². The third kappa shape index (κ3) is 6.46. The molecule has 0 aliphatic rings. The number of rotatable bonds is 11. The van der Waals surface area contributed by atoms with Crippen molar-refractivity contribution in [1.29, 1.82) is 0 Å². The topological polar surface area (TPSA) is 30.9 Å². The molecule has 0 unspecified atom stereocenters. The van der Waals surface area contributed by atoms with Gasteiger partial charge >= 0.3 is 0 Å². The Balaban J connectivity index is 2.41. The molecule has 0 amide bonds. The van der Waals surface area contributed by atoms with Crippen LogP contribution in [0.15, 0.2) is 24.3 Å². The number of ether oxygens (including phenoxy) is 3. The van der Waals surface area contributed by atoms with Crippen LogP contribution < -0.4 is 9.47 Å². The number of methoxy groups -OCH3 is 1. The lowest BCUT2D eigenvalue weighted by molar-refractivity contribution is 0.138. The molecule has 0 aliphatic carbocycles. The molecule has 1 aromatic rings. The number of alkyl halides is 1. The van der Waals surface area contributed by atoms with E-state index in [1.165, 1.54) is 0 Å². The molecule has 20 heavy (non-hydrogen) atoms. The van der Waals surface area contributed by atoms with Crippen LogP contribution in [0.4, 0.5) is 0 Å². The molecule has 4 nitrogen and oxygen atoms in total. The Kier molecular flexibility index (Phi) is 9.20. The summed E-state index contributed by atoms with van der Waals surface area (Å²) in [5.74, 6) is 2.18. The van der Waals surface area contributed by atoms with Crippen LogP contribution in [0.25, 0.3) is 0 Å². The van der Waals surface area contributed by atoms with Gasteiger partial charge in [-0.3, -0.25) is 4.90 Å². The first-order valence-electron chi connectivity index (χ1n) is 6.93. The van der Waals surface area contributed by atoms with Crippen LogP contribution in [0.5, 0.6) is 11.5 Å². The van der Waals surface area contributed by atoms with Crippen molar-refractivity contribution in [2.24, 2.45) is 0 Å². The fraction of sp³-hybridized carbons (Fsp3) is 0.600. The van der Waals surface area contributed by atoms with E-state index in [1.54, 1.807) is 7.11 Å². The molecule has 0 saturated carbocycles. The number of para-hydroxylation sites is 2. The number of halogens is 1. The number of hydrogen-bond donors (Lipinski definition) is 0. The van der Waals surface area contributed by atoms with Gasteiger partial charge in [-0.2, -0.15) is 0 Å². The Morgan fingerprint density at radius 3 is 2.25 bits per heavy atom. The summed E-state index contributed by atoms with van der Waals surface area (Å²) in [6, 6.07) is 7.72. The highest BCUT2D eigenvalue weighted by atomic mass is 35.5. The van der Waals surface area contributed by atoms with Crippen LogP contribution in [0.2, 0.25) is 0 Å². The molecule has 0 atom stereocenters. The Morgan fingerprint density at radius 1 is 1.00 bits per heavy atom. The molecule has 0 aromatic heterocycles. The van der Waals surface area contributed by atoms with Crippen LogP contribution >= 0.6 is 11.6 Å². The summed E-state index contributed by atoms with van der Waals surface area (Å²) in [5.41, 5.74) is 0. The molecule has 0 aliphatic heterocycles. The molecule has 0 fully saturated rings. The van der Waals surface area contributed by atoms with Crippen LogP contribution in [0.1, 0.15) is 6.92 Å². The van der Waals surface area contributed by atoms with Crippen LogP contribution in [0, 0.1) is 0 Å². The average molecular weight is 302 g/mol. The predicted octanol–water partition coefficient (Wildman–Crippen LogP) is 2.65. The van der Waals surface area contributed by atoms with Crippen molar-refractivity contribution < 1.29 is 14.2 Å². The Morgan fingerprint density at radius 2 is 1.65 bits per heavy atom. The summed E-state index contributed by atoms with van der Waals surface area (Å²) in [5, 5.41) is 0. The Hall–Kier alpha value is -0.970. The number of hydrogen-bond acceptors (Lipinski definition) is 4. The van der Waals surface area contributed by atoms with E-state index in [-0.39, 0.29) is 0 Å². The van der Waals surface area contributed by atoms with Crippen molar-refractivity contribution in [2.75, 3.05) is 52.4 Å². The van der Waals surface area contributed by atoms with Gasteiger partial charge in [0.2, 0.25) is 0 Å². The molecule has 0 N–H and O–H groups in total. The van der Waals surface area contributed by atoms with Gasteiger partial charge in [-0.05, 0) is 19.1 Å². The van der Waals surface area contributed by atoms with Gasteiger partial charge in [-0.25, -0.2) is 0 Å². The van der Waals surface area contributed by atoms with Crippen molar-refractivity contribution in [3.63, 3.8) is 0 Å². The highest BCUT2D eigenvalue weighted by Crippen LogP contribution is 2.26. The second kappa shape index (κ2) is 10.8. The molecule has 1 rings (SSSR count). The zero-order valence-electron chi connectivity index (χ0n) is 12.3. The van der Waals surface area contributed by atoms with Gasteiger partial charge < -0.3 is 14.2 Å². The van der Waals surface area contributed by atoms with E-state index in [9.17, 15) is 0 Å². The van der Waals surface area contributed by atoms with Gasteiger partial charge in [0.1, 0.15) is 6.61 Å². The van der Waals surface area contributed by atoms with Crippen molar-refractivity contribution in [2.45, 2.75) is 6.92 Å². The zero-order chi connectivity index (χ0) is 14.6. The first-order chi connectivity index (χ1) is 9.81. The van der Waals surface area contributed by atoms with E-state index in [2.05, 4.69) is 4.90 Å². The number of benzene rings is 1. The van der Waals surface area contributed by atoms with Gasteiger partial charge in [0.25, 0.3) is 0 Å². The van der Waals surface area contributed by atoms with Crippen LogP contribution in [0.3, 0.4) is 0 Å². The van der Waals surface area contributed by atoms with Gasteiger partial charge in [0.15, 0.2) is 11.5 Å². The van der Waals surface area contributed by atoms with Gasteiger partial charge in [0.05, 0.1) is 13.2 Å². The summed E-state index contributed by atoms with van der Waals surface area (Å²) in [7, 11) is 1.70. The lowest BCUT2D eigenvalue weighted by Gasteiger charge is -2.21. The first kappa shape index (κ1) is 17.1. The van der Waals surface area contributed by atoms with E-state index < -0.39 is 0 Å². The summed E-state index contributed by atoms with van der Waals surface area (Å²) >= 11 is 5.79. The minimum absolute atomic E-state index is 0.602. The fourth-order valence-corrected chi connectivity index (χ4v) is 2.04. The van der Waals surface area contributed by atoms with E-state index in [0.29, 0.717) is 25.7 Å². The molecule has 0 saturated heterocycles. The van der Waals surface area contributed by atoms with Crippen LogP contribution in [-0.2, 0) is 4.74 Å². The Bertz CT molecular complexity index is 363. The summed E-state index contributed by atoms with van der Waals surface area (Å²) < 4.78 is 16.4. The largest absolute Gasteiger partial charge is 0.490 e. The SMILES string of the molecule is CCOc1ccccc1OCCN(CCCl)CCOC. The van der Waals surface area contributed by atoms with E-state index >= 15 is 0 Å². The quantitative estimate of drug-likeness (QED) is 0.588. The van der Waals surface area contributed by atoms with E-state index in [4.69, 9.17) is 25.8 Å². The predicted molar refractivity (Wildman–Crippen MR) is 82.1 cm³/mol. The molecule has 1 aromatic carbocycles. The lowest BCUT2D eigenvalue weighted by atomic mass is 10.3. The standard InChI is InChI=1S/C15H24ClNO3/c1-3-19-14-6-4-5-7-15(14)20-13-11-17(9-8-16)10-12-18-2/h4-7H,3,8-13H2,1-2H3. The maximum absolute atomic E-state index is 5.80. The normalized spacial score (nSPS) is 10.8. The fourth-order valence-electron chi connectivity index (χ4n) is 1.80. The molecule has 0 spiro atoms.